The number of carbonyl (C=O) groups is 1. The highest BCUT2D eigenvalue weighted by Crippen LogP contribution is 2.29. The molecule has 0 aromatic carbocycles. The molecule has 1 fully saturated rings. The molecule has 9 heteroatoms. The van der Waals surface area contributed by atoms with E-state index >= 15 is 0 Å². The lowest BCUT2D eigenvalue weighted by Gasteiger charge is -2.27. The van der Waals surface area contributed by atoms with Gasteiger partial charge in [0.25, 0.3) is 0 Å². The normalized spacial score (nSPS) is 16.7. The van der Waals surface area contributed by atoms with Crippen molar-refractivity contribution < 1.29 is 18.0 Å². The van der Waals surface area contributed by atoms with Crippen molar-refractivity contribution in [2.75, 3.05) is 24.5 Å². The van der Waals surface area contributed by atoms with Crippen molar-refractivity contribution in [1.82, 2.24) is 15.3 Å². The monoisotopic (exact) mass is 280 g/mol. The first-order chi connectivity index (χ1) is 8.36. The molecule has 1 aliphatic heterocycles. The third-order valence-electron chi connectivity index (χ3n) is 2.30. The molecule has 0 aliphatic carbocycles. The second-order valence-corrected chi connectivity index (χ2v) is 4.03. The molecule has 0 bridgehead atoms. The predicted octanol–water partition coefficient (Wildman–Crippen LogP) is 1.08. The van der Waals surface area contributed by atoms with E-state index in [1.165, 1.54) is 11.0 Å². The SMILES string of the molecule is O=C1CN(c2cc(Cl)nc(C(F)(F)F)n2)CCN1. The molecule has 5 nitrogen and oxygen atoms in total. The third kappa shape index (κ3) is 2.81. The van der Waals surface area contributed by atoms with Gasteiger partial charge in [-0.1, -0.05) is 11.6 Å². The van der Waals surface area contributed by atoms with E-state index in [9.17, 15) is 18.0 Å². The fourth-order valence-electron chi connectivity index (χ4n) is 1.53. The number of piperazine rings is 1. The molecular weight excluding hydrogens is 273 g/mol. The third-order valence-corrected chi connectivity index (χ3v) is 2.49. The lowest BCUT2D eigenvalue weighted by molar-refractivity contribution is -0.144. The summed E-state index contributed by atoms with van der Waals surface area (Å²) in [4.78, 5) is 19.1. The van der Waals surface area contributed by atoms with E-state index in [1.54, 1.807) is 0 Å². The van der Waals surface area contributed by atoms with Gasteiger partial charge < -0.3 is 10.2 Å². The summed E-state index contributed by atoms with van der Waals surface area (Å²) in [6.07, 6.45) is -4.67. The minimum atomic E-state index is -4.67. The molecule has 0 radical (unpaired) electrons. The first-order valence-corrected chi connectivity index (χ1v) is 5.37. The molecule has 1 N–H and O–H groups in total. The Balaban J connectivity index is 2.33. The fourth-order valence-corrected chi connectivity index (χ4v) is 1.71. The average Bonchev–Trinajstić information content (AvgIpc) is 2.27. The number of carbonyl (C=O) groups excluding carboxylic acids is 1. The first-order valence-electron chi connectivity index (χ1n) is 4.99. The Morgan fingerprint density at radius 3 is 2.72 bits per heavy atom. The number of alkyl halides is 3. The van der Waals surface area contributed by atoms with E-state index < -0.39 is 12.0 Å². The van der Waals surface area contributed by atoms with Crippen LogP contribution in [0.1, 0.15) is 5.82 Å². The van der Waals surface area contributed by atoms with Gasteiger partial charge in [-0.05, 0) is 0 Å². The molecule has 1 aromatic heterocycles. The van der Waals surface area contributed by atoms with Gasteiger partial charge in [0.2, 0.25) is 11.7 Å². The lowest BCUT2D eigenvalue weighted by atomic mass is 10.3. The maximum absolute atomic E-state index is 12.5. The Bertz CT molecular complexity index is 479. The molecular formula is C9H8ClF3N4O. The zero-order valence-electron chi connectivity index (χ0n) is 8.96. The van der Waals surface area contributed by atoms with Crippen LogP contribution in [0, 0.1) is 0 Å². The molecule has 1 aliphatic rings. The van der Waals surface area contributed by atoms with Crippen LogP contribution in [0.15, 0.2) is 6.07 Å². The second kappa shape index (κ2) is 4.60. The summed E-state index contributed by atoms with van der Waals surface area (Å²) in [5, 5.41) is 2.25. The highest BCUT2D eigenvalue weighted by atomic mass is 35.5. The van der Waals surface area contributed by atoms with Crippen molar-refractivity contribution in [2.24, 2.45) is 0 Å². The number of hydrogen-bond donors (Lipinski definition) is 1. The number of aromatic nitrogens is 2. The zero-order chi connectivity index (χ0) is 13.3. The predicted molar refractivity (Wildman–Crippen MR) is 57.3 cm³/mol. The Hall–Kier alpha value is -1.57. The number of amides is 1. The van der Waals surface area contributed by atoms with Crippen molar-refractivity contribution in [1.29, 1.82) is 0 Å². The van der Waals surface area contributed by atoms with Gasteiger partial charge in [-0.25, -0.2) is 9.97 Å². The Kier molecular flexibility index (Phi) is 3.29. The maximum atomic E-state index is 12.5. The van der Waals surface area contributed by atoms with E-state index in [4.69, 9.17) is 11.6 Å². The van der Waals surface area contributed by atoms with Crippen LogP contribution in [0.3, 0.4) is 0 Å². The maximum Gasteiger partial charge on any atom is 0.451 e. The van der Waals surface area contributed by atoms with Gasteiger partial charge in [0, 0.05) is 19.2 Å². The molecule has 18 heavy (non-hydrogen) atoms. The molecule has 0 unspecified atom stereocenters. The van der Waals surface area contributed by atoms with E-state index in [1.807, 2.05) is 0 Å². The molecule has 0 saturated carbocycles. The largest absolute Gasteiger partial charge is 0.451 e. The van der Waals surface area contributed by atoms with Crippen LogP contribution >= 0.6 is 11.6 Å². The van der Waals surface area contributed by atoms with Crippen molar-refractivity contribution in [3.63, 3.8) is 0 Å². The molecule has 98 valence electrons. The number of rotatable bonds is 1. The summed E-state index contributed by atoms with van der Waals surface area (Å²) in [6.45, 7) is 0.669. The van der Waals surface area contributed by atoms with Crippen LogP contribution in [0.5, 0.6) is 0 Å². The topological polar surface area (TPSA) is 58.1 Å². The second-order valence-electron chi connectivity index (χ2n) is 3.64. The number of hydrogen-bond acceptors (Lipinski definition) is 4. The molecule has 0 atom stereocenters. The van der Waals surface area contributed by atoms with Crippen molar-refractivity contribution in [3.8, 4) is 0 Å². The van der Waals surface area contributed by atoms with Gasteiger partial charge in [0.1, 0.15) is 11.0 Å². The number of nitrogens with one attached hydrogen (secondary N) is 1. The minimum absolute atomic E-state index is 0.00262. The highest BCUT2D eigenvalue weighted by Gasteiger charge is 2.36. The summed E-state index contributed by atoms with van der Waals surface area (Å²) in [6, 6.07) is 1.20. The summed E-state index contributed by atoms with van der Waals surface area (Å²) >= 11 is 5.53. The van der Waals surface area contributed by atoms with Crippen LogP contribution in [-0.2, 0) is 11.0 Å². The van der Waals surface area contributed by atoms with Gasteiger partial charge in [-0.15, -0.1) is 0 Å². The van der Waals surface area contributed by atoms with Crippen LogP contribution in [-0.4, -0.2) is 35.5 Å². The molecule has 0 spiro atoms. The van der Waals surface area contributed by atoms with Gasteiger partial charge in [0.15, 0.2) is 0 Å². The van der Waals surface area contributed by atoms with Gasteiger partial charge in [-0.3, -0.25) is 4.79 Å². The number of nitrogens with zero attached hydrogens (tertiary/aromatic N) is 3. The molecule has 2 rings (SSSR count). The fraction of sp³-hybridized carbons (Fsp3) is 0.444. The van der Waals surface area contributed by atoms with E-state index in [2.05, 4.69) is 15.3 Å². The Morgan fingerprint density at radius 2 is 2.11 bits per heavy atom. The molecule has 1 aromatic rings. The van der Waals surface area contributed by atoms with Crippen molar-refractivity contribution >= 4 is 23.3 Å². The number of halogens is 4. The molecule has 1 saturated heterocycles. The number of anilines is 1. The van der Waals surface area contributed by atoms with E-state index in [-0.39, 0.29) is 23.4 Å². The Morgan fingerprint density at radius 1 is 1.39 bits per heavy atom. The van der Waals surface area contributed by atoms with Crippen molar-refractivity contribution in [2.45, 2.75) is 6.18 Å². The van der Waals surface area contributed by atoms with Crippen LogP contribution in [0.2, 0.25) is 5.15 Å². The highest BCUT2D eigenvalue weighted by molar-refractivity contribution is 6.29. The minimum Gasteiger partial charge on any atom is -0.353 e. The first kappa shape index (κ1) is 12.9. The summed E-state index contributed by atoms with van der Waals surface area (Å²) in [5.74, 6) is -1.59. The zero-order valence-corrected chi connectivity index (χ0v) is 9.72. The van der Waals surface area contributed by atoms with Crippen LogP contribution in [0.25, 0.3) is 0 Å². The summed E-state index contributed by atoms with van der Waals surface area (Å²) in [5.41, 5.74) is 0. The van der Waals surface area contributed by atoms with Crippen LogP contribution in [0.4, 0.5) is 19.0 Å². The Labute approximate surface area is 105 Å². The average molecular weight is 281 g/mol. The summed E-state index contributed by atoms with van der Waals surface area (Å²) in [7, 11) is 0. The standard InChI is InChI=1S/C9H8ClF3N4O/c10-5-3-6(16-8(15-5)9(11,12)13)17-2-1-14-7(18)4-17/h3H,1-2,4H2,(H,14,18). The van der Waals surface area contributed by atoms with Gasteiger partial charge >= 0.3 is 6.18 Å². The van der Waals surface area contributed by atoms with Gasteiger partial charge in [0.05, 0.1) is 6.54 Å². The van der Waals surface area contributed by atoms with Gasteiger partial charge in [-0.2, -0.15) is 13.2 Å². The smallest absolute Gasteiger partial charge is 0.353 e. The van der Waals surface area contributed by atoms with Crippen LogP contribution < -0.4 is 10.2 Å². The van der Waals surface area contributed by atoms with E-state index in [0.717, 1.165) is 0 Å². The molecule has 2 heterocycles. The molecule has 1 amide bonds. The summed E-state index contributed by atoms with van der Waals surface area (Å²) < 4.78 is 37.5. The van der Waals surface area contributed by atoms with Crippen molar-refractivity contribution in [3.05, 3.63) is 17.0 Å². The van der Waals surface area contributed by atoms with E-state index in [0.29, 0.717) is 13.1 Å². The quantitative estimate of drug-likeness (QED) is 0.782. The lowest BCUT2D eigenvalue weighted by Crippen LogP contribution is -2.48.